The molecule has 0 saturated heterocycles. The van der Waals surface area contributed by atoms with Crippen molar-refractivity contribution in [1.29, 1.82) is 0 Å². The van der Waals surface area contributed by atoms with Gasteiger partial charge in [0.2, 0.25) is 17.6 Å². The maximum absolute atomic E-state index is 12.8. The lowest BCUT2D eigenvalue weighted by Crippen LogP contribution is -2.25. The number of aromatic nitrogens is 3. The van der Waals surface area contributed by atoms with Crippen LogP contribution in [-0.4, -0.2) is 27.2 Å². The van der Waals surface area contributed by atoms with Crippen molar-refractivity contribution in [1.82, 2.24) is 20.4 Å². The molecule has 1 aliphatic rings. The number of halogens is 1. The smallest absolute Gasteiger partial charge is 0.246 e. The van der Waals surface area contributed by atoms with E-state index in [-0.39, 0.29) is 12.5 Å². The first-order valence-electron chi connectivity index (χ1n) is 7.45. The third kappa shape index (κ3) is 2.58. The van der Waals surface area contributed by atoms with E-state index in [1.165, 1.54) is 0 Å². The zero-order chi connectivity index (χ0) is 16.0. The van der Waals surface area contributed by atoms with Crippen molar-refractivity contribution in [2.75, 3.05) is 0 Å². The highest BCUT2D eigenvalue weighted by molar-refractivity contribution is 5.87. The Bertz CT molecular complexity index is 885. The summed E-state index contributed by atoms with van der Waals surface area (Å²) in [5.41, 5.74) is 2.91. The first-order valence-corrected chi connectivity index (χ1v) is 7.45. The van der Waals surface area contributed by atoms with E-state index in [1.54, 1.807) is 0 Å². The molecule has 1 fully saturated rings. The molecule has 1 saturated carbocycles. The molecular formula is C16H15FN4O2. The van der Waals surface area contributed by atoms with E-state index in [2.05, 4.69) is 20.4 Å². The van der Waals surface area contributed by atoms with Gasteiger partial charge in [-0.1, -0.05) is 17.3 Å². The molecule has 2 atom stereocenters. The minimum absolute atomic E-state index is 0.105. The number of benzene rings is 1. The molecule has 0 unspecified atom stereocenters. The second-order valence-electron chi connectivity index (χ2n) is 5.81. The van der Waals surface area contributed by atoms with Gasteiger partial charge in [-0.3, -0.25) is 4.79 Å². The lowest BCUT2D eigenvalue weighted by Gasteiger charge is -1.98. The normalized spacial score (nSPS) is 19.9. The Kier molecular flexibility index (Phi) is 3.14. The summed E-state index contributed by atoms with van der Waals surface area (Å²) in [6, 6.07) is 7.96. The Balaban J connectivity index is 1.50. The molecule has 2 N–H and O–H groups in total. The van der Waals surface area contributed by atoms with E-state index in [4.69, 9.17) is 4.52 Å². The lowest BCUT2D eigenvalue weighted by molar-refractivity contribution is -0.122. The number of carbonyl (C=O) groups excluding carboxylic acids is 1. The summed E-state index contributed by atoms with van der Waals surface area (Å²) in [5, 5.41) is 7.63. The van der Waals surface area contributed by atoms with Crippen LogP contribution in [0.5, 0.6) is 0 Å². The summed E-state index contributed by atoms with van der Waals surface area (Å²) >= 11 is 0. The number of aryl methyl sites for hydroxylation is 1. The van der Waals surface area contributed by atoms with E-state index in [0.717, 1.165) is 22.2 Å². The van der Waals surface area contributed by atoms with Crippen LogP contribution >= 0.6 is 0 Å². The van der Waals surface area contributed by atoms with Crippen LogP contribution in [-0.2, 0) is 11.3 Å². The van der Waals surface area contributed by atoms with Gasteiger partial charge in [0.25, 0.3) is 0 Å². The fourth-order valence-electron chi connectivity index (χ4n) is 2.59. The summed E-state index contributed by atoms with van der Waals surface area (Å²) in [6.07, 6.45) is -0.710. The molecule has 3 aromatic rings. The number of aromatic amines is 1. The number of nitrogens with one attached hydrogen (secondary N) is 2. The molecule has 0 aliphatic heterocycles. The van der Waals surface area contributed by atoms with Crippen LogP contribution in [0.15, 0.2) is 28.8 Å². The Morgan fingerprint density at radius 2 is 2.35 bits per heavy atom. The molecular weight excluding hydrogens is 299 g/mol. The van der Waals surface area contributed by atoms with Gasteiger partial charge < -0.3 is 14.8 Å². The zero-order valence-electron chi connectivity index (χ0n) is 12.5. The quantitative estimate of drug-likeness (QED) is 0.775. The Hall–Kier alpha value is -2.70. The first-order chi connectivity index (χ1) is 11.1. The highest BCUT2D eigenvalue weighted by atomic mass is 19.1. The van der Waals surface area contributed by atoms with Crippen LogP contribution < -0.4 is 5.32 Å². The van der Waals surface area contributed by atoms with Gasteiger partial charge >= 0.3 is 0 Å². The number of alkyl halides is 1. The number of amides is 1. The molecule has 0 radical (unpaired) electrons. The number of rotatable bonds is 4. The fraction of sp³-hybridized carbons (Fsp3) is 0.312. The highest BCUT2D eigenvalue weighted by Crippen LogP contribution is 2.33. The highest BCUT2D eigenvalue weighted by Gasteiger charge is 2.43. The number of hydrogen-bond acceptors (Lipinski definition) is 4. The molecule has 1 aliphatic carbocycles. The van der Waals surface area contributed by atoms with Crippen LogP contribution in [0.25, 0.3) is 22.4 Å². The van der Waals surface area contributed by atoms with Crippen LogP contribution in [0, 0.1) is 12.8 Å². The van der Waals surface area contributed by atoms with Gasteiger partial charge in [0.05, 0.1) is 18.2 Å². The molecule has 0 spiro atoms. The van der Waals surface area contributed by atoms with Crippen molar-refractivity contribution >= 4 is 16.8 Å². The summed E-state index contributed by atoms with van der Waals surface area (Å²) in [6.45, 7) is 2.14. The molecule has 2 aromatic heterocycles. The standard InChI is InChI=1S/C16H15FN4O2/c1-8-3-2-4-12-9(8)6-13(19-12)15-20-14(23-21-15)7-18-16(22)10-5-11(10)17/h2-4,6,10-11,19H,5,7H2,1H3,(H,18,22)/t10-,11+/m1/s1. The van der Waals surface area contributed by atoms with E-state index in [1.807, 2.05) is 31.2 Å². The molecule has 4 rings (SSSR count). The molecule has 118 valence electrons. The third-order valence-electron chi connectivity index (χ3n) is 4.05. The second kappa shape index (κ2) is 5.19. The number of fused-ring (bicyclic) bond motifs is 1. The zero-order valence-corrected chi connectivity index (χ0v) is 12.5. The van der Waals surface area contributed by atoms with Crippen molar-refractivity contribution in [2.45, 2.75) is 26.1 Å². The molecule has 1 aromatic carbocycles. The summed E-state index contributed by atoms with van der Waals surface area (Å²) in [7, 11) is 0. The van der Waals surface area contributed by atoms with Gasteiger partial charge in [-0.05, 0) is 31.0 Å². The number of hydrogen-bond donors (Lipinski definition) is 2. The monoisotopic (exact) mass is 314 g/mol. The Morgan fingerprint density at radius 3 is 3.09 bits per heavy atom. The van der Waals surface area contributed by atoms with E-state index in [9.17, 15) is 9.18 Å². The van der Waals surface area contributed by atoms with Gasteiger partial charge in [-0.25, -0.2) is 4.39 Å². The van der Waals surface area contributed by atoms with Gasteiger partial charge in [0, 0.05) is 10.9 Å². The number of nitrogens with zero attached hydrogens (tertiary/aromatic N) is 2. The third-order valence-corrected chi connectivity index (χ3v) is 4.05. The van der Waals surface area contributed by atoms with Gasteiger partial charge in [0.1, 0.15) is 6.17 Å². The topological polar surface area (TPSA) is 83.8 Å². The van der Waals surface area contributed by atoms with Crippen molar-refractivity contribution in [3.63, 3.8) is 0 Å². The maximum atomic E-state index is 12.8. The summed E-state index contributed by atoms with van der Waals surface area (Å²) < 4.78 is 17.9. The Morgan fingerprint density at radius 1 is 1.52 bits per heavy atom. The second-order valence-corrected chi connectivity index (χ2v) is 5.81. The van der Waals surface area contributed by atoms with Gasteiger partial charge in [0.15, 0.2) is 0 Å². The van der Waals surface area contributed by atoms with Gasteiger partial charge in [-0.15, -0.1) is 0 Å². The van der Waals surface area contributed by atoms with Gasteiger partial charge in [-0.2, -0.15) is 4.98 Å². The lowest BCUT2D eigenvalue weighted by atomic mass is 10.1. The molecule has 7 heteroatoms. The van der Waals surface area contributed by atoms with Crippen molar-refractivity contribution in [2.24, 2.45) is 5.92 Å². The van der Waals surface area contributed by atoms with E-state index in [0.29, 0.717) is 18.1 Å². The predicted octanol–water partition coefficient (Wildman–Crippen LogP) is 2.50. The van der Waals surface area contributed by atoms with Crippen molar-refractivity contribution in [3.8, 4) is 11.5 Å². The van der Waals surface area contributed by atoms with E-state index < -0.39 is 12.1 Å². The summed E-state index contributed by atoms with van der Waals surface area (Å²) in [5.74, 6) is -0.105. The number of carbonyl (C=O) groups is 1. The SMILES string of the molecule is Cc1cccc2[nH]c(-c3noc(CNC(=O)[C@@H]4C[C@@H]4F)n3)cc12. The molecule has 23 heavy (non-hydrogen) atoms. The van der Waals surface area contributed by atoms with Crippen molar-refractivity contribution in [3.05, 3.63) is 35.7 Å². The van der Waals surface area contributed by atoms with Crippen LogP contribution in [0.3, 0.4) is 0 Å². The van der Waals surface area contributed by atoms with Crippen LogP contribution in [0.1, 0.15) is 17.9 Å². The first kappa shape index (κ1) is 13.9. The largest absolute Gasteiger partial charge is 0.352 e. The molecule has 6 nitrogen and oxygen atoms in total. The van der Waals surface area contributed by atoms with Crippen LogP contribution in [0.4, 0.5) is 4.39 Å². The maximum Gasteiger partial charge on any atom is 0.246 e. The fourth-order valence-corrected chi connectivity index (χ4v) is 2.59. The predicted molar refractivity (Wildman–Crippen MR) is 81.2 cm³/mol. The Labute approximate surface area is 131 Å². The molecule has 2 heterocycles. The summed E-state index contributed by atoms with van der Waals surface area (Å²) in [4.78, 5) is 19.1. The average Bonchev–Trinajstić information content (AvgIpc) is 2.95. The molecule has 0 bridgehead atoms. The minimum atomic E-state index is -1.01. The average molecular weight is 314 g/mol. The van der Waals surface area contributed by atoms with Crippen LogP contribution in [0.2, 0.25) is 0 Å². The number of H-pyrrole nitrogens is 1. The van der Waals surface area contributed by atoms with Crippen molar-refractivity contribution < 1.29 is 13.7 Å². The minimum Gasteiger partial charge on any atom is -0.352 e. The van der Waals surface area contributed by atoms with E-state index >= 15 is 0 Å². The molecule has 1 amide bonds.